The zero-order chi connectivity index (χ0) is 12.6. The van der Waals surface area contributed by atoms with Crippen LogP contribution in [0.15, 0.2) is 24.3 Å². The first kappa shape index (κ1) is 11.4. The van der Waals surface area contributed by atoms with Crippen LogP contribution in [0.3, 0.4) is 0 Å². The van der Waals surface area contributed by atoms with Crippen molar-refractivity contribution in [2.24, 2.45) is 11.8 Å². The number of nitrogens with one attached hydrogen (secondary N) is 1. The van der Waals surface area contributed by atoms with Crippen molar-refractivity contribution >= 4 is 5.69 Å². The summed E-state index contributed by atoms with van der Waals surface area (Å²) in [6, 6.07) is 10.4. The Morgan fingerprint density at radius 2 is 2.22 bits per heavy atom. The Kier molecular flexibility index (Phi) is 2.66. The number of ether oxygens (including phenoxy) is 1. The van der Waals surface area contributed by atoms with Gasteiger partial charge in [-0.1, -0.05) is 12.1 Å². The van der Waals surface area contributed by atoms with Gasteiger partial charge < -0.3 is 10.1 Å². The van der Waals surface area contributed by atoms with E-state index in [1.54, 1.807) is 7.11 Å². The minimum Gasteiger partial charge on any atom is -0.495 e. The van der Waals surface area contributed by atoms with E-state index in [9.17, 15) is 5.26 Å². The van der Waals surface area contributed by atoms with Gasteiger partial charge in [0.1, 0.15) is 11.3 Å². The van der Waals surface area contributed by atoms with E-state index in [-0.39, 0.29) is 5.54 Å². The molecule has 3 atom stereocenters. The number of hydrogen-bond donors (Lipinski definition) is 1. The van der Waals surface area contributed by atoms with Crippen LogP contribution in [0.4, 0.5) is 5.69 Å². The van der Waals surface area contributed by atoms with Crippen LogP contribution < -0.4 is 10.1 Å². The lowest BCUT2D eigenvalue weighted by Gasteiger charge is -2.33. The molecule has 0 saturated heterocycles. The maximum absolute atomic E-state index is 9.61. The summed E-state index contributed by atoms with van der Waals surface area (Å²) >= 11 is 0. The van der Waals surface area contributed by atoms with Crippen LogP contribution in [-0.4, -0.2) is 12.6 Å². The first-order valence-corrected chi connectivity index (χ1v) is 6.60. The Morgan fingerprint density at radius 1 is 1.39 bits per heavy atom. The van der Waals surface area contributed by atoms with Crippen molar-refractivity contribution in [1.29, 1.82) is 5.26 Å². The van der Waals surface area contributed by atoms with E-state index in [1.807, 2.05) is 24.3 Å². The maximum atomic E-state index is 9.61. The minimum absolute atomic E-state index is 0.377. The van der Waals surface area contributed by atoms with E-state index in [0.717, 1.165) is 23.8 Å². The Bertz CT molecular complexity index is 494. The average Bonchev–Trinajstić information content (AvgIpc) is 3.00. The fraction of sp³-hybridized carbons (Fsp3) is 0.533. The molecule has 2 saturated carbocycles. The lowest BCUT2D eigenvalue weighted by molar-refractivity contribution is 0.364. The van der Waals surface area contributed by atoms with Gasteiger partial charge in [0.25, 0.3) is 0 Å². The Hall–Kier alpha value is -1.69. The monoisotopic (exact) mass is 242 g/mol. The molecule has 3 unspecified atom stereocenters. The number of para-hydroxylation sites is 2. The van der Waals surface area contributed by atoms with E-state index in [4.69, 9.17) is 4.74 Å². The van der Waals surface area contributed by atoms with Gasteiger partial charge in [0.15, 0.2) is 0 Å². The topological polar surface area (TPSA) is 45.0 Å². The molecule has 0 amide bonds. The van der Waals surface area contributed by atoms with Gasteiger partial charge in [-0.3, -0.25) is 0 Å². The third-order valence-corrected chi connectivity index (χ3v) is 4.51. The molecule has 2 fully saturated rings. The first-order chi connectivity index (χ1) is 8.77. The molecule has 1 aromatic rings. The van der Waals surface area contributed by atoms with E-state index in [0.29, 0.717) is 5.92 Å². The van der Waals surface area contributed by atoms with E-state index < -0.39 is 0 Å². The number of nitrogens with zero attached hydrogens (tertiary/aromatic N) is 1. The molecule has 3 nitrogen and oxygen atoms in total. The summed E-state index contributed by atoms with van der Waals surface area (Å²) in [5, 5.41) is 13.1. The van der Waals surface area contributed by atoms with Gasteiger partial charge in [-0.15, -0.1) is 0 Å². The predicted molar refractivity (Wildman–Crippen MR) is 70.4 cm³/mol. The van der Waals surface area contributed by atoms with Crippen LogP contribution >= 0.6 is 0 Å². The SMILES string of the molecule is COc1ccccc1NC1(C#N)CC2CCC1C2. The summed E-state index contributed by atoms with van der Waals surface area (Å²) < 4.78 is 5.35. The highest BCUT2D eigenvalue weighted by atomic mass is 16.5. The molecule has 0 radical (unpaired) electrons. The molecule has 1 aromatic carbocycles. The molecular weight excluding hydrogens is 224 g/mol. The van der Waals surface area contributed by atoms with Crippen molar-refractivity contribution in [3.05, 3.63) is 24.3 Å². The zero-order valence-corrected chi connectivity index (χ0v) is 10.6. The maximum Gasteiger partial charge on any atom is 0.141 e. The quantitative estimate of drug-likeness (QED) is 0.885. The summed E-state index contributed by atoms with van der Waals surface area (Å²) in [6.45, 7) is 0. The molecule has 2 aliphatic carbocycles. The second kappa shape index (κ2) is 4.20. The fourth-order valence-electron chi connectivity index (χ4n) is 3.64. The first-order valence-electron chi connectivity index (χ1n) is 6.60. The molecular formula is C15H18N2O. The number of nitriles is 1. The van der Waals surface area contributed by atoms with Crippen molar-refractivity contribution < 1.29 is 4.74 Å². The third kappa shape index (κ3) is 1.64. The normalized spacial score (nSPS) is 33.1. The highest BCUT2D eigenvalue weighted by Gasteiger charge is 2.51. The average molecular weight is 242 g/mol. The molecule has 1 N–H and O–H groups in total. The van der Waals surface area contributed by atoms with E-state index >= 15 is 0 Å². The van der Waals surface area contributed by atoms with Crippen molar-refractivity contribution in [2.75, 3.05) is 12.4 Å². The van der Waals surface area contributed by atoms with Gasteiger partial charge in [-0.25, -0.2) is 0 Å². The number of rotatable bonds is 3. The van der Waals surface area contributed by atoms with Crippen LogP contribution in [0, 0.1) is 23.2 Å². The van der Waals surface area contributed by atoms with Crippen LogP contribution in [0.25, 0.3) is 0 Å². The highest BCUT2D eigenvalue weighted by molar-refractivity contribution is 5.59. The largest absolute Gasteiger partial charge is 0.495 e. The Labute approximate surface area is 108 Å². The van der Waals surface area contributed by atoms with Crippen molar-refractivity contribution in [1.82, 2.24) is 0 Å². The van der Waals surface area contributed by atoms with Gasteiger partial charge >= 0.3 is 0 Å². The molecule has 0 aliphatic heterocycles. The van der Waals surface area contributed by atoms with Gasteiger partial charge in [0.2, 0.25) is 0 Å². The Morgan fingerprint density at radius 3 is 2.83 bits per heavy atom. The lowest BCUT2D eigenvalue weighted by Crippen LogP contribution is -2.42. The number of benzene rings is 1. The van der Waals surface area contributed by atoms with Crippen LogP contribution in [0.1, 0.15) is 25.7 Å². The molecule has 3 rings (SSSR count). The molecule has 0 heterocycles. The molecule has 94 valence electrons. The minimum atomic E-state index is -0.377. The van der Waals surface area contributed by atoms with Crippen LogP contribution in [0.5, 0.6) is 5.75 Å². The molecule has 0 spiro atoms. The van der Waals surface area contributed by atoms with E-state index in [2.05, 4.69) is 11.4 Å². The Balaban J connectivity index is 1.89. The summed E-state index contributed by atoms with van der Waals surface area (Å²) in [4.78, 5) is 0. The number of hydrogen-bond acceptors (Lipinski definition) is 3. The summed E-state index contributed by atoms with van der Waals surface area (Å²) in [5.41, 5.74) is 0.562. The lowest BCUT2D eigenvalue weighted by atomic mass is 9.82. The number of anilines is 1. The molecule has 2 bridgehead atoms. The zero-order valence-electron chi connectivity index (χ0n) is 10.6. The number of fused-ring (bicyclic) bond motifs is 2. The van der Waals surface area contributed by atoms with Gasteiger partial charge in [-0.05, 0) is 49.7 Å². The van der Waals surface area contributed by atoms with Gasteiger partial charge in [0, 0.05) is 0 Å². The van der Waals surface area contributed by atoms with Gasteiger partial charge in [-0.2, -0.15) is 5.26 Å². The molecule has 3 heteroatoms. The highest BCUT2D eigenvalue weighted by Crippen LogP contribution is 2.52. The molecule has 0 aromatic heterocycles. The summed E-state index contributed by atoms with van der Waals surface area (Å²) in [6.07, 6.45) is 4.66. The third-order valence-electron chi connectivity index (χ3n) is 4.51. The van der Waals surface area contributed by atoms with Crippen molar-refractivity contribution in [3.63, 3.8) is 0 Å². The van der Waals surface area contributed by atoms with E-state index in [1.165, 1.54) is 19.3 Å². The predicted octanol–water partition coefficient (Wildman–Crippen LogP) is 3.19. The smallest absolute Gasteiger partial charge is 0.141 e. The fourth-order valence-corrected chi connectivity index (χ4v) is 3.64. The summed E-state index contributed by atoms with van der Waals surface area (Å²) in [7, 11) is 1.67. The van der Waals surface area contributed by atoms with Crippen molar-refractivity contribution in [2.45, 2.75) is 31.2 Å². The number of methoxy groups -OCH3 is 1. The van der Waals surface area contributed by atoms with Crippen molar-refractivity contribution in [3.8, 4) is 11.8 Å². The second-order valence-electron chi connectivity index (χ2n) is 5.49. The van der Waals surface area contributed by atoms with Gasteiger partial charge in [0.05, 0.1) is 18.9 Å². The second-order valence-corrected chi connectivity index (χ2v) is 5.49. The summed E-state index contributed by atoms with van der Waals surface area (Å²) in [5.74, 6) is 2.05. The van der Waals surface area contributed by atoms with Crippen LogP contribution in [0.2, 0.25) is 0 Å². The van der Waals surface area contributed by atoms with Crippen LogP contribution in [-0.2, 0) is 0 Å². The molecule has 2 aliphatic rings. The molecule has 18 heavy (non-hydrogen) atoms. The standard InChI is InChI=1S/C15H18N2O/c1-18-14-5-3-2-4-13(14)17-15(10-16)9-11-6-7-12(15)8-11/h2-5,11-12,17H,6-9H2,1H3.